The van der Waals surface area contributed by atoms with Crippen LogP contribution in [0.3, 0.4) is 0 Å². The largest absolute Gasteiger partial charge is 0.366 e. The summed E-state index contributed by atoms with van der Waals surface area (Å²) in [6, 6.07) is 9.42. The molecule has 2 aliphatic heterocycles. The zero-order valence-electron chi connectivity index (χ0n) is 13.4. The quantitative estimate of drug-likeness (QED) is 0.874. The molecule has 0 bridgehead atoms. The molecule has 4 nitrogen and oxygen atoms in total. The van der Waals surface area contributed by atoms with Gasteiger partial charge in [0, 0.05) is 61.0 Å². The maximum Gasteiger partial charge on any atom is 0.0635 e. The van der Waals surface area contributed by atoms with E-state index in [4.69, 9.17) is 5.26 Å². The van der Waals surface area contributed by atoms with Crippen LogP contribution >= 0.6 is 0 Å². The summed E-state index contributed by atoms with van der Waals surface area (Å²) in [4.78, 5) is 9.45. The van der Waals surface area contributed by atoms with Gasteiger partial charge in [-0.2, -0.15) is 5.26 Å². The van der Waals surface area contributed by atoms with Crippen molar-refractivity contribution in [1.82, 2.24) is 9.88 Å². The van der Waals surface area contributed by atoms with Crippen LogP contribution in [0.4, 0.5) is 5.69 Å². The standard InChI is InChI=1S/C19H22N4/c20-8-3-10-22-9-2-5-17(14-22)23-11-7-16-13-21-12-15-4-1-6-18(23)19(15)16/h1,4,6,12-13,17H,2-3,5,7,9-11,14H2. The number of pyridine rings is 1. The Kier molecular flexibility index (Phi) is 3.88. The first-order chi connectivity index (χ1) is 11.4. The lowest BCUT2D eigenvalue weighted by molar-refractivity contribution is 0.207. The molecule has 0 amide bonds. The number of hydrogen-bond acceptors (Lipinski definition) is 4. The van der Waals surface area contributed by atoms with Crippen LogP contribution in [-0.4, -0.2) is 42.1 Å². The van der Waals surface area contributed by atoms with Gasteiger partial charge in [-0.15, -0.1) is 0 Å². The molecular formula is C19H22N4. The van der Waals surface area contributed by atoms with Crippen LogP contribution in [0.25, 0.3) is 10.8 Å². The Bertz CT molecular complexity index is 743. The molecule has 0 spiro atoms. The second kappa shape index (κ2) is 6.17. The lowest BCUT2D eigenvalue weighted by Crippen LogP contribution is -2.49. The van der Waals surface area contributed by atoms with E-state index in [-0.39, 0.29) is 0 Å². The second-order valence-corrected chi connectivity index (χ2v) is 6.62. The van der Waals surface area contributed by atoms with Gasteiger partial charge in [-0.1, -0.05) is 12.1 Å². The number of nitriles is 1. The van der Waals surface area contributed by atoms with E-state index in [1.54, 1.807) is 0 Å². The normalized spacial score (nSPS) is 21.3. The first-order valence-corrected chi connectivity index (χ1v) is 8.58. The fourth-order valence-corrected chi connectivity index (χ4v) is 4.15. The number of nitrogens with zero attached hydrogens (tertiary/aromatic N) is 4. The van der Waals surface area contributed by atoms with Crippen LogP contribution in [0, 0.1) is 11.3 Å². The summed E-state index contributed by atoms with van der Waals surface area (Å²) in [6.45, 7) is 4.20. The minimum atomic E-state index is 0.564. The van der Waals surface area contributed by atoms with Gasteiger partial charge in [0.25, 0.3) is 0 Å². The molecule has 1 fully saturated rings. The molecule has 1 atom stereocenters. The minimum Gasteiger partial charge on any atom is -0.366 e. The van der Waals surface area contributed by atoms with Gasteiger partial charge in [-0.3, -0.25) is 4.98 Å². The van der Waals surface area contributed by atoms with E-state index >= 15 is 0 Å². The Balaban J connectivity index is 1.63. The van der Waals surface area contributed by atoms with Crippen molar-refractivity contribution in [3.8, 4) is 6.07 Å². The van der Waals surface area contributed by atoms with Crippen LogP contribution in [0.1, 0.15) is 24.8 Å². The topological polar surface area (TPSA) is 43.2 Å². The molecule has 1 saturated heterocycles. The summed E-state index contributed by atoms with van der Waals surface area (Å²) in [7, 11) is 0. The van der Waals surface area contributed by atoms with Crippen molar-refractivity contribution in [3.05, 3.63) is 36.2 Å². The number of anilines is 1. The van der Waals surface area contributed by atoms with E-state index in [1.807, 2.05) is 12.4 Å². The summed E-state index contributed by atoms with van der Waals surface area (Å²) in [5, 5.41) is 11.5. The fourth-order valence-electron chi connectivity index (χ4n) is 4.15. The molecule has 1 aromatic carbocycles. The number of rotatable bonds is 3. The van der Waals surface area contributed by atoms with Crippen molar-refractivity contribution in [3.63, 3.8) is 0 Å². The molecule has 2 aromatic rings. The molecule has 1 unspecified atom stereocenters. The monoisotopic (exact) mass is 306 g/mol. The van der Waals surface area contributed by atoms with Crippen molar-refractivity contribution in [1.29, 1.82) is 5.26 Å². The Morgan fingerprint density at radius 3 is 3.13 bits per heavy atom. The highest BCUT2D eigenvalue weighted by molar-refractivity contribution is 5.97. The number of hydrogen-bond donors (Lipinski definition) is 0. The molecule has 4 rings (SSSR count). The van der Waals surface area contributed by atoms with Crippen LogP contribution in [0.15, 0.2) is 30.6 Å². The highest BCUT2D eigenvalue weighted by atomic mass is 15.2. The number of benzene rings is 1. The number of likely N-dealkylation sites (tertiary alicyclic amines) is 1. The van der Waals surface area contributed by atoms with Crippen molar-refractivity contribution in [2.75, 3.05) is 31.1 Å². The molecule has 0 N–H and O–H groups in total. The predicted molar refractivity (Wildman–Crippen MR) is 92.5 cm³/mol. The molecule has 0 aliphatic carbocycles. The molecule has 23 heavy (non-hydrogen) atoms. The van der Waals surface area contributed by atoms with Crippen molar-refractivity contribution in [2.45, 2.75) is 31.7 Å². The van der Waals surface area contributed by atoms with E-state index in [0.29, 0.717) is 12.5 Å². The van der Waals surface area contributed by atoms with Gasteiger partial charge in [0.2, 0.25) is 0 Å². The number of piperidine rings is 1. The second-order valence-electron chi connectivity index (χ2n) is 6.62. The minimum absolute atomic E-state index is 0.564. The zero-order valence-corrected chi connectivity index (χ0v) is 13.4. The van der Waals surface area contributed by atoms with Crippen molar-refractivity contribution in [2.24, 2.45) is 0 Å². The zero-order chi connectivity index (χ0) is 15.6. The van der Waals surface area contributed by atoms with E-state index in [0.717, 1.165) is 32.6 Å². The highest BCUT2D eigenvalue weighted by Gasteiger charge is 2.28. The van der Waals surface area contributed by atoms with Crippen LogP contribution in [0.5, 0.6) is 0 Å². The van der Waals surface area contributed by atoms with Crippen molar-refractivity contribution < 1.29 is 0 Å². The summed E-state index contributed by atoms with van der Waals surface area (Å²) in [5.74, 6) is 0. The summed E-state index contributed by atoms with van der Waals surface area (Å²) >= 11 is 0. The third kappa shape index (κ3) is 2.66. The molecule has 4 heteroatoms. The van der Waals surface area contributed by atoms with Gasteiger partial charge < -0.3 is 9.80 Å². The first kappa shape index (κ1) is 14.5. The molecule has 118 valence electrons. The summed E-state index contributed by atoms with van der Waals surface area (Å²) < 4.78 is 0. The lowest BCUT2D eigenvalue weighted by atomic mass is 9.95. The molecule has 3 heterocycles. The average molecular weight is 306 g/mol. The lowest BCUT2D eigenvalue weighted by Gasteiger charge is -2.42. The van der Waals surface area contributed by atoms with E-state index in [9.17, 15) is 0 Å². The van der Waals surface area contributed by atoms with Gasteiger partial charge in [-0.25, -0.2) is 0 Å². The average Bonchev–Trinajstić information content (AvgIpc) is 2.61. The van der Waals surface area contributed by atoms with Gasteiger partial charge in [0.1, 0.15) is 0 Å². The maximum absolute atomic E-state index is 8.83. The Morgan fingerprint density at radius 1 is 1.26 bits per heavy atom. The summed E-state index contributed by atoms with van der Waals surface area (Å²) in [5.41, 5.74) is 2.75. The smallest absolute Gasteiger partial charge is 0.0635 e. The van der Waals surface area contributed by atoms with Gasteiger partial charge >= 0.3 is 0 Å². The van der Waals surface area contributed by atoms with E-state index in [2.05, 4.69) is 39.1 Å². The Labute approximate surface area is 137 Å². The SMILES string of the molecule is N#CCCN1CCCC(N2CCc3cncc4cccc2c34)C1. The Hall–Kier alpha value is -2.12. The van der Waals surface area contributed by atoms with Crippen LogP contribution in [0.2, 0.25) is 0 Å². The summed E-state index contributed by atoms with van der Waals surface area (Å²) in [6.07, 6.45) is 8.20. The molecule has 0 saturated carbocycles. The molecule has 0 radical (unpaired) electrons. The molecule has 2 aliphatic rings. The molecule has 1 aromatic heterocycles. The third-order valence-electron chi connectivity index (χ3n) is 5.23. The highest BCUT2D eigenvalue weighted by Crippen LogP contribution is 2.36. The first-order valence-electron chi connectivity index (χ1n) is 8.58. The van der Waals surface area contributed by atoms with Crippen LogP contribution < -0.4 is 4.90 Å². The van der Waals surface area contributed by atoms with E-state index < -0.39 is 0 Å². The maximum atomic E-state index is 8.83. The predicted octanol–water partition coefficient (Wildman–Crippen LogP) is 2.98. The number of aromatic nitrogens is 1. The van der Waals surface area contributed by atoms with Crippen LogP contribution in [-0.2, 0) is 6.42 Å². The van der Waals surface area contributed by atoms with Gasteiger partial charge in [-0.05, 0) is 37.4 Å². The Morgan fingerprint density at radius 2 is 2.22 bits per heavy atom. The fraction of sp³-hybridized carbons (Fsp3) is 0.474. The van der Waals surface area contributed by atoms with Gasteiger partial charge in [0.15, 0.2) is 0 Å². The van der Waals surface area contributed by atoms with Gasteiger partial charge in [0.05, 0.1) is 6.07 Å². The third-order valence-corrected chi connectivity index (χ3v) is 5.23. The van der Waals surface area contributed by atoms with Crippen molar-refractivity contribution >= 4 is 16.5 Å². The molecular weight excluding hydrogens is 284 g/mol. The van der Waals surface area contributed by atoms with E-state index in [1.165, 1.54) is 34.9 Å².